The van der Waals surface area contributed by atoms with Gasteiger partial charge in [0.25, 0.3) is 0 Å². The highest BCUT2D eigenvalue weighted by molar-refractivity contribution is 7.13. The number of nitrogens with zero attached hydrogens (tertiary/aromatic N) is 2. The van der Waals surface area contributed by atoms with Crippen LogP contribution in [0.2, 0.25) is 0 Å². The van der Waals surface area contributed by atoms with E-state index >= 15 is 0 Å². The second-order valence-corrected chi connectivity index (χ2v) is 5.10. The molecule has 7 heteroatoms. The molecule has 0 amide bonds. The third kappa shape index (κ3) is 4.34. The van der Waals surface area contributed by atoms with Crippen LogP contribution in [0.5, 0.6) is 0 Å². The Hall–Kier alpha value is -1.89. The molecule has 0 spiro atoms. The first kappa shape index (κ1) is 14.5. The first-order valence-electron chi connectivity index (χ1n) is 6.43. The van der Waals surface area contributed by atoms with E-state index in [1.807, 2.05) is 18.4 Å². The maximum absolute atomic E-state index is 11.3. The van der Waals surface area contributed by atoms with Gasteiger partial charge in [0.05, 0.1) is 31.0 Å². The average molecular weight is 295 g/mol. The van der Waals surface area contributed by atoms with Gasteiger partial charge in [0.15, 0.2) is 10.9 Å². The maximum atomic E-state index is 11.3. The summed E-state index contributed by atoms with van der Waals surface area (Å²) in [6.45, 7) is 4.64. The summed E-state index contributed by atoms with van der Waals surface area (Å²) < 4.78 is 9.98. The number of hydrogen-bond donors (Lipinski definition) is 1. The number of esters is 1. The summed E-state index contributed by atoms with van der Waals surface area (Å²) in [5.41, 5.74) is 1.75. The molecule has 20 heavy (non-hydrogen) atoms. The first-order valence-corrected chi connectivity index (χ1v) is 7.31. The van der Waals surface area contributed by atoms with Gasteiger partial charge in [-0.3, -0.25) is 4.79 Å². The van der Waals surface area contributed by atoms with Gasteiger partial charge in [0, 0.05) is 17.9 Å². The van der Waals surface area contributed by atoms with Gasteiger partial charge >= 0.3 is 5.97 Å². The lowest BCUT2D eigenvalue weighted by Gasteiger charge is -1.99. The Bertz CT molecular complexity index is 565. The van der Waals surface area contributed by atoms with Crippen LogP contribution >= 0.6 is 11.3 Å². The number of carbonyl (C=O) groups excluding carboxylic acids is 1. The van der Waals surface area contributed by atoms with Gasteiger partial charge < -0.3 is 14.6 Å². The van der Waals surface area contributed by atoms with E-state index in [-0.39, 0.29) is 5.97 Å². The van der Waals surface area contributed by atoms with Crippen LogP contribution in [0.1, 0.15) is 30.5 Å². The molecule has 0 aliphatic heterocycles. The van der Waals surface area contributed by atoms with Crippen molar-refractivity contribution < 1.29 is 14.1 Å². The molecule has 108 valence electrons. The van der Waals surface area contributed by atoms with Crippen LogP contribution in [0.4, 0.5) is 5.13 Å². The summed E-state index contributed by atoms with van der Waals surface area (Å²) in [7, 11) is 0. The summed E-state index contributed by atoms with van der Waals surface area (Å²) in [6, 6.07) is 1.88. The zero-order chi connectivity index (χ0) is 14.4. The molecule has 0 atom stereocenters. The zero-order valence-corrected chi connectivity index (χ0v) is 12.3. The van der Waals surface area contributed by atoms with Crippen LogP contribution in [0.25, 0.3) is 0 Å². The Morgan fingerprint density at radius 2 is 2.40 bits per heavy atom. The normalized spacial score (nSPS) is 10.5. The van der Waals surface area contributed by atoms with Gasteiger partial charge in [-0.1, -0.05) is 5.16 Å². The van der Waals surface area contributed by atoms with Crippen LogP contribution < -0.4 is 5.32 Å². The van der Waals surface area contributed by atoms with E-state index in [1.54, 1.807) is 6.92 Å². The van der Waals surface area contributed by atoms with Gasteiger partial charge in [0.2, 0.25) is 0 Å². The minimum absolute atomic E-state index is 0.188. The molecule has 0 bridgehead atoms. The molecule has 6 nitrogen and oxygen atoms in total. The van der Waals surface area contributed by atoms with E-state index in [4.69, 9.17) is 9.26 Å². The molecule has 0 aliphatic rings. The maximum Gasteiger partial charge on any atom is 0.306 e. The topological polar surface area (TPSA) is 77.2 Å². The van der Waals surface area contributed by atoms with Crippen molar-refractivity contribution in [3.05, 3.63) is 28.6 Å². The van der Waals surface area contributed by atoms with Crippen molar-refractivity contribution in [2.45, 2.75) is 33.2 Å². The molecule has 0 saturated carbocycles. The molecule has 0 radical (unpaired) electrons. The average Bonchev–Trinajstić information content (AvgIpc) is 3.03. The fourth-order valence-electron chi connectivity index (χ4n) is 1.63. The second-order valence-electron chi connectivity index (χ2n) is 4.24. The van der Waals surface area contributed by atoms with Gasteiger partial charge in [-0.2, -0.15) is 0 Å². The number of ether oxygens (including phenoxy) is 1. The van der Waals surface area contributed by atoms with Crippen LogP contribution in [0, 0.1) is 6.92 Å². The quantitative estimate of drug-likeness (QED) is 0.791. The van der Waals surface area contributed by atoms with Crippen LogP contribution in [-0.2, 0) is 22.5 Å². The minimum atomic E-state index is -0.188. The summed E-state index contributed by atoms with van der Waals surface area (Å²) in [4.78, 5) is 15.7. The molecule has 0 unspecified atom stereocenters. The molecule has 2 heterocycles. The van der Waals surface area contributed by atoms with Crippen LogP contribution in [0.3, 0.4) is 0 Å². The first-order chi connectivity index (χ1) is 9.67. The van der Waals surface area contributed by atoms with E-state index in [0.717, 1.165) is 22.3 Å². The van der Waals surface area contributed by atoms with E-state index < -0.39 is 0 Å². The molecule has 0 aliphatic carbocycles. The molecule has 0 fully saturated rings. The van der Waals surface area contributed by atoms with Gasteiger partial charge in [-0.05, 0) is 13.8 Å². The van der Waals surface area contributed by atoms with Crippen molar-refractivity contribution in [2.24, 2.45) is 0 Å². The van der Waals surface area contributed by atoms with Crippen molar-refractivity contribution >= 4 is 22.4 Å². The lowest BCUT2D eigenvalue weighted by Crippen LogP contribution is -2.05. The highest BCUT2D eigenvalue weighted by atomic mass is 32.1. The fourth-order valence-corrected chi connectivity index (χ4v) is 2.37. The van der Waals surface area contributed by atoms with E-state index in [0.29, 0.717) is 26.0 Å². The van der Waals surface area contributed by atoms with Crippen molar-refractivity contribution in [1.82, 2.24) is 10.1 Å². The highest BCUT2D eigenvalue weighted by Gasteiger charge is 2.07. The SMILES string of the molecule is CCOC(=O)CCc1csc(NCc2cc(C)no2)n1. The van der Waals surface area contributed by atoms with Crippen LogP contribution in [0.15, 0.2) is 16.0 Å². The third-order valence-electron chi connectivity index (χ3n) is 2.53. The number of aryl methyl sites for hydroxylation is 2. The Labute approximate surface area is 121 Å². The van der Waals surface area contributed by atoms with E-state index in [2.05, 4.69) is 15.5 Å². The molecule has 0 saturated heterocycles. The molecule has 1 N–H and O–H groups in total. The summed E-state index contributed by atoms with van der Waals surface area (Å²) in [6.07, 6.45) is 0.955. The van der Waals surface area contributed by atoms with Crippen molar-refractivity contribution in [3.63, 3.8) is 0 Å². The van der Waals surface area contributed by atoms with E-state index in [1.165, 1.54) is 11.3 Å². The number of rotatable bonds is 7. The zero-order valence-electron chi connectivity index (χ0n) is 11.5. The highest BCUT2D eigenvalue weighted by Crippen LogP contribution is 2.17. The molecule has 0 aromatic carbocycles. The van der Waals surface area contributed by atoms with Crippen molar-refractivity contribution in [3.8, 4) is 0 Å². The Morgan fingerprint density at radius 1 is 1.55 bits per heavy atom. The Balaban J connectivity index is 1.78. The van der Waals surface area contributed by atoms with Crippen molar-refractivity contribution in [2.75, 3.05) is 11.9 Å². The number of aromatic nitrogens is 2. The Morgan fingerprint density at radius 3 is 3.10 bits per heavy atom. The minimum Gasteiger partial charge on any atom is -0.466 e. The lowest BCUT2D eigenvalue weighted by atomic mass is 10.2. The molecular weight excluding hydrogens is 278 g/mol. The summed E-state index contributed by atoms with van der Waals surface area (Å²) >= 11 is 1.50. The molecule has 2 aromatic heterocycles. The standard InChI is InChI=1S/C13H17N3O3S/c1-3-18-12(17)5-4-10-8-20-13(15-10)14-7-11-6-9(2)16-19-11/h6,8H,3-5,7H2,1-2H3,(H,14,15). The van der Waals surface area contributed by atoms with Gasteiger partial charge in [-0.25, -0.2) is 4.98 Å². The number of hydrogen-bond acceptors (Lipinski definition) is 7. The van der Waals surface area contributed by atoms with E-state index in [9.17, 15) is 4.79 Å². The predicted molar refractivity (Wildman–Crippen MR) is 75.6 cm³/mol. The Kier molecular flexibility index (Phi) is 5.11. The second kappa shape index (κ2) is 7.04. The van der Waals surface area contributed by atoms with Gasteiger partial charge in [-0.15, -0.1) is 11.3 Å². The third-order valence-corrected chi connectivity index (χ3v) is 3.38. The number of thiazole rings is 1. The fraction of sp³-hybridized carbons (Fsp3) is 0.462. The predicted octanol–water partition coefficient (Wildman–Crippen LogP) is 2.55. The number of anilines is 1. The number of carbonyl (C=O) groups is 1. The lowest BCUT2D eigenvalue weighted by molar-refractivity contribution is -0.143. The van der Waals surface area contributed by atoms with Crippen LogP contribution in [-0.4, -0.2) is 22.7 Å². The van der Waals surface area contributed by atoms with Crippen molar-refractivity contribution in [1.29, 1.82) is 0 Å². The summed E-state index contributed by atoms with van der Waals surface area (Å²) in [5, 5.41) is 9.72. The summed E-state index contributed by atoms with van der Waals surface area (Å²) in [5.74, 6) is 0.581. The monoisotopic (exact) mass is 295 g/mol. The smallest absolute Gasteiger partial charge is 0.306 e. The molecule has 2 aromatic rings. The molecular formula is C13H17N3O3S. The number of nitrogens with one attached hydrogen (secondary N) is 1. The largest absolute Gasteiger partial charge is 0.466 e. The van der Waals surface area contributed by atoms with Gasteiger partial charge in [0.1, 0.15) is 0 Å². The molecule has 2 rings (SSSR count).